The second-order valence-corrected chi connectivity index (χ2v) is 8.46. The third kappa shape index (κ3) is 4.45. The minimum absolute atomic E-state index is 0.141. The third-order valence-corrected chi connectivity index (χ3v) is 6.20. The van der Waals surface area contributed by atoms with Gasteiger partial charge in [0.25, 0.3) is 0 Å². The van der Waals surface area contributed by atoms with E-state index < -0.39 is 23.8 Å². The molecule has 0 spiro atoms. The number of nitrogens with zero attached hydrogens (tertiary/aromatic N) is 3. The fraction of sp³-hybridized carbons (Fsp3) is 0.300. The third-order valence-electron chi connectivity index (χ3n) is 5.02. The molecule has 1 aliphatic heterocycles. The highest BCUT2D eigenvalue weighted by Gasteiger charge is 2.29. The number of morpholine rings is 1. The first-order chi connectivity index (χ1) is 14.9. The summed E-state index contributed by atoms with van der Waals surface area (Å²) in [7, 11) is 7.69. The number of rotatable bonds is 4. The molecule has 3 heterocycles. The smallest absolute Gasteiger partial charge is 0.409 e. The van der Waals surface area contributed by atoms with Crippen molar-refractivity contribution in [3.63, 3.8) is 0 Å². The minimum Gasteiger partial charge on any atom is -0.453 e. The first-order valence-corrected chi connectivity index (χ1v) is 11.3. The summed E-state index contributed by atoms with van der Waals surface area (Å²) in [5.41, 5.74) is 0.854. The highest BCUT2D eigenvalue weighted by Crippen LogP contribution is 2.35. The molecule has 1 amide bonds. The SMILES string of the molecule is COC(=O)N1CCOC(Cc2c(-c3c(F)cc(SCl)cc3F)nc3cc(Cl)ccn23)C1. The molecule has 1 aromatic carbocycles. The Morgan fingerprint density at radius 2 is 2.10 bits per heavy atom. The lowest BCUT2D eigenvalue weighted by Crippen LogP contribution is -2.46. The lowest BCUT2D eigenvalue weighted by atomic mass is 10.0. The van der Waals surface area contributed by atoms with Crippen LogP contribution in [0.5, 0.6) is 0 Å². The first kappa shape index (κ1) is 22.1. The van der Waals surface area contributed by atoms with E-state index in [2.05, 4.69) is 4.98 Å². The zero-order chi connectivity index (χ0) is 22.1. The number of methoxy groups -OCH3 is 1. The van der Waals surface area contributed by atoms with Gasteiger partial charge in [-0.1, -0.05) is 11.6 Å². The van der Waals surface area contributed by atoms with E-state index in [0.29, 0.717) is 29.5 Å². The maximum Gasteiger partial charge on any atom is 0.409 e. The highest BCUT2D eigenvalue weighted by molar-refractivity contribution is 8.21. The number of imidazole rings is 1. The number of carbonyl (C=O) groups excluding carboxylic acids is 1. The second-order valence-electron chi connectivity index (χ2n) is 6.93. The van der Waals surface area contributed by atoms with Gasteiger partial charge in [0.1, 0.15) is 17.3 Å². The predicted octanol–water partition coefficient (Wildman–Crippen LogP) is 5.19. The van der Waals surface area contributed by atoms with Crippen LogP contribution in [0.15, 0.2) is 35.4 Å². The van der Waals surface area contributed by atoms with Crippen LogP contribution in [0.25, 0.3) is 16.9 Å². The number of fused-ring (bicyclic) bond motifs is 1. The summed E-state index contributed by atoms with van der Waals surface area (Å²) in [6, 6.07) is 5.58. The van der Waals surface area contributed by atoms with Gasteiger partial charge >= 0.3 is 6.09 Å². The quantitative estimate of drug-likeness (QED) is 0.506. The molecule has 164 valence electrons. The molecule has 1 atom stereocenters. The summed E-state index contributed by atoms with van der Waals surface area (Å²) < 4.78 is 42.1. The molecule has 11 heteroatoms. The molecule has 0 bridgehead atoms. The van der Waals surface area contributed by atoms with E-state index in [9.17, 15) is 13.6 Å². The number of halogens is 4. The van der Waals surface area contributed by atoms with Gasteiger partial charge in [-0.15, -0.1) is 0 Å². The summed E-state index contributed by atoms with van der Waals surface area (Å²) in [5.74, 6) is -1.56. The van der Waals surface area contributed by atoms with Crippen molar-refractivity contribution in [2.75, 3.05) is 26.8 Å². The molecular weight excluding hydrogens is 471 g/mol. The van der Waals surface area contributed by atoms with Gasteiger partial charge in [-0.3, -0.25) is 0 Å². The number of amides is 1. The Morgan fingerprint density at radius 3 is 2.77 bits per heavy atom. The van der Waals surface area contributed by atoms with Crippen LogP contribution in [-0.2, 0) is 15.9 Å². The second kappa shape index (κ2) is 9.20. The lowest BCUT2D eigenvalue weighted by Gasteiger charge is -2.32. The Hall–Kier alpha value is -2.07. The number of carbonyl (C=O) groups is 1. The molecule has 2 aromatic heterocycles. The van der Waals surface area contributed by atoms with E-state index in [0.717, 1.165) is 23.1 Å². The Morgan fingerprint density at radius 1 is 1.35 bits per heavy atom. The minimum atomic E-state index is -0.778. The fourth-order valence-electron chi connectivity index (χ4n) is 3.64. The molecule has 31 heavy (non-hydrogen) atoms. The fourth-order valence-corrected chi connectivity index (χ4v) is 4.36. The lowest BCUT2D eigenvalue weighted by molar-refractivity contribution is -0.0241. The van der Waals surface area contributed by atoms with Crippen molar-refractivity contribution in [1.82, 2.24) is 14.3 Å². The van der Waals surface area contributed by atoms with E-state index in [4.69, 9.17) is 31.8 Å². The van der Waals surface area contributed by atoms with E-state index in [-0.39, 0.29) is 29.1 Å². The summed E-state index contributed by atoms with van der Waals surface area (Å²) >= 11 is 6.09. The van der Waals surface area contributed by atoms with Crippen LogP contribution in [0.3, 0.4) is 0 Å². The molecule has 1 aliphatic rings. The van der Waals surface area contributed by atoms with Gasteiger partial charge in [0.2, 0.25) is 0 Å². The molecule has 1 saturated heterocycles. The van der Waals surface area contributed by atoms with Crippen LogP contribution >= 0.6 is 33.3 Å². The van der Waals surface area contributed by atoms with Crippen LogP contribution in [0.2, 0.25) is 5.02 Å². The monoisotopic (exact) mass is 487 g/mol. The average molecular weight is 488 g/mol. The summed E-state index contributed by atoms with van der Waals surface area (Å²) in [5, 5.41) is 0.441. The largest absolute Gasteiger partial charge is 0.453 e. The molecular formula is C20H17Cl2F2N3O3S. The normalized spacial score (nSPS) is 16.7. The van der Waals surface area contributed by atoms with Gasteiger partial charge in [0.15, 0.2) is 0 Å². The number of aromatic nitrogens is 2. The van der Waals surface area contributed by atoms with Crippen molar-refractivity contribution in [3.05, 3.63) is 52.8 Å². The van der Waals surface area contributed by atoms with E-state index in [1.165, 1.54) is 12.0 Å². The van der Waals surface area contributed by atoms with Crippen LogP contribution < -0.4 is 0 Å². The van der Waals surface area contributed by atoms with Gasteiger partial charge in [-0.05, 0) is 39.9 Å². The van der Waals surface area contributed by atoms with Crippen LogP contribution in [0, 0.1) is 11.6 Å². The maximum atomic E-state index is 14.9. The highest BCUT2D eigenvalue weighted by atomic mass is 35.7. The van der Waals surface area contributed by atoms with Crippen LogP contribution in [0.1, 0.15) is 5.69 Å². The number of hydrogen-bond acceptors (Lipinski definition) is 5. The van der Waals surface area contributed by atoms with Gasteiger partial charge in [-0.25, -0.2) is 18.6 Å². The Balaban J connectivity index is 1.79. The van der Waals surface area contributed by atoms with E-state index in [1.807, 2.05) is 0 Å². The average Bonchev–Trinajstić information content (AvgIpc) is 3.09. The zero-order valence-electron chi connectivity index (χ0n) is 16.3. The van der Waals surface area contributed by atoms with Gasteiger partial charge < -0.3 is 18.8 Å². The van der Waals surface area contributed by atoms with Gasteiger partial charge in [0, 0.05) is 35.1 Å². The molecule has 0 aliphatic carbocycles. The number of benzene rings is 1. The maximum absolute atomic E-state index is 14.9. The topological polar surface area (TPSA) is 56.1 Å². The standard InChI is InChI=1S/C20H17Cl2F2N3O3S/c1-29-20(28)26-4-5-30-12(10-26)7-16-19(25-17-6-11(21)2-3-27(16)17)18-14(23)8-13(31-22)9-15(18)24/h2-3,6,8-9,12H,4-5,7,10H2,1H3. The molecule has 1 fully saturated rings. The van der Waals surface area contributed by atoms with E-state index >= 15 is 0 Å². The Kier molecular flexibility index (Phi) is 6.57. The van der Waals surface area contributed by atoms with E-state index in [1.54, 1.807) is 22.7 Å². The number of pyridine rings is 1. The summed E-state index contributed by atoms with van der Waals surface area (Å²) in [6.45, 7) is 1.00. The van der Waals surface area contributed by atoms with Crippen molar-refractivity contribution in [3.8, 4) is 11.3 Å². The van der Waals surface area contributed by atoms with Gasteiger partial charge in [-0.2, -0.15) is 0 Å². The number of hydrogen-bond donors (Lipinski definition) is 0. The van der Waals surface area contributed by atoms with Crippen molar-refractivity contribution < 1.29 is 23.0 Å². The van der Waals surface area contributed by atoms with Crippen molar-refractivity contribution in [2.24, 2.45) is 0 Å². The molecule has 0 radical (unpaired) electrons. The summed E-state index contributed by atoms with van der Waals surface area (Å²) in [4.78, 5) is 18.1. The van der Waals surface area contributed by atoms with Crippen LogP contribution in [-0.4, -0.2) is 53.3 Å². The zero-order valence-corrected chi connectivity index (χ0v) is 18.6. The molecule has 6 nitrogen and oxygen atoms in total. The molecule has 3 aromatic rings. The predicted molar refractivity (Wildman–Crippen MR) is 115 cm³/mol. The van der Waals surface area contributed by atoms with Gasteiger partial charge in [0.05, 0.1) is 43.3 Å². The Labute approximate surface area is 190 Å². The molecule has 0 N–H and O–H groups in total. The molecule has 0 saturated carbocycles. The van der Waals surface area contributed by atoms with Crippen molar-refractivity contribution in [2.45, 2.75) is 17.4 Å². The summed E-state index contributed by atoms with van der Waals surface area (Å²) in [6.07, 6.45) is 1.08. The first-order valence-electron chi connectivity index (χ1n) is 9.30. The molecule has 4 rings (SSSR count). The van der Waals surface area contributed by atoms with Crippen molar-refractivity contribution in [1.29, 1.82) is 0 Å². The molecule has 1 unspecified atom stereocenters. The number of ether oxygens (including phenoxy) is 2. The Bertz CT molecular complexity index is 1120. The van der Waals surface area contributed by atoms with Crippen molar-refractivity contribution >= 4 is 45.0 Å². The van der Waals surface area contributed by atoms with Crippen LogP contribution in [0.4, 0.5) is 13.6 Å².